The van der Waals surface area contributed by atoms with E-state index in [0.29, 0.717) is 0 Å². The van der Waals surface area contributed by atoms with Crippen LogP contribution < -0.4 is 0 Å². The van der Waals surface area contributed by atoms with Crippen LogP contribution in [0.3, 0.4) is 0 Å². The van der Waals surface area contributed by atoms with E-state index in [1.807, 2.05) is 13.0 Å². The molecule has 2 rings (SSSR count). The van der Waals surface area contributed by atoms with Gasteiger partial charge in [0.25, 0.3) is 0 Å². The predicted octanol–water partition coefficient (Wildman–Crippen LogP) is 6.56. The summed E-state index contributed by atoms with van der Waals surface area (Å²) in [7, 11) is 0. The Morgan fingerprint density at radius 2 is 2.00 bits per heavy atom. The van der Waals surface area contributed by atoms with Gasteiger partial charge in [-0.1, -0.05) is 45.8 Å². The summed E-state index contributed by atoms with van der Waals surface area (Å²) >= 11 is 1.67. The summed E-state index contributed by atoms with van der Waals surface area (Å²) in [5.41, 5.74) is 4.70. The van der Waals surface area contributed by atoms with Crippen LogP contribution in [0.4, 0.5) is 0 Å². The molecule has 120 valence electrons. The van der Waals surface area contributed by atoms with Gasteiger partial charge >= 0.3 is 0 Å². The summed E-state index contributed by atoms with van der Waals surface area (Å²) < 4.78 is 0. The lowest BCUT2D eigenvalue weighted by Crippen LogP contribution is -1.82. The number of rotatable bonds is 5. The molecule has 0 saturated carbocycles. The summed E-state index contributed by atoms with van der Waals surface area (Å²) in [6.45, 7) is 10.6. The summed E-state index contributed by atoms with van der Waals surface area (Å²) in [5.74, 6) is 0.959. The molecular weight excluding hydrogens is 288 g/mol. The summed E-state index contributed by atoms with van der Waals surface area (Å²) in [5, 5.41) is 4.18. The van der Waals surface area contributed by atoms with Crippen LogP contribution >= 0.6 is 11.8 Å². The fraction of sp³-hybridized carbons (Fsp3) is 0.421. The van der Waals surface area contributed by atoms with Crippen LogP contribution in [0.15, 0.2) is 35.1 Å². The Morgan fingerprint density at radius 3 is 2.64 bits per heavy atom. The molecule has 0 aliphatic heterocycles. The van der Waals surface area contributed by atoms with Crippen molar-refractivity contribution in [3.8, 4) is 0 Å². The number of aromatic amines is 1. The predicted molar refractivity (Wildman–Crippen MR) is 102 cm³/mol. The van der Waals surface area contributed by atoms with Gasteiger partial charge in [-0.15, -0.1) is 11.8 Å². The van der Waals surface area contributed by atoms with Crippen molar-refractivity contribution in [1.82, 2.24) is 9.97 Å². The highest BCUT2D eigenvalue weighted by Gasteiger charge is 2.04. The Bertz CT molecular complexity index is 623. The first-order valence-corrected chi connectivity index (χ1v) is 9.02. The van der Waals surface area contributed by atoms with Crippen molar-refractivity contribution in [2.24, 2.45) is 0 Å². The second-order valence-corrected chi connectivity index (χ2v) is 6.08. The zero-order valence-electron chi connectivity index (χ0n) is 14.4. The third-order valence-corrected chi connectivity index (χ3v) is 3.84. The fourth-order valence-electron chi connectivity index (χ4n) is 1.96. The van der Waals surface area contributed by atoms with Crippen LogP contribution in [0.1, 0.15) is 58.8 Å². The number of imidazole rings is 1. The topological polar surface area (TPSA) is 28.7 Å². The Balaban J connectivity index is 0.000000745. The van der Waals surface area contributed by atoms with Crippen LogP contribution in [-0.2, 0) is 6.42 Å². The molecule has 3 heteroatoms. The molecule has 0 aliphatic rings. The highest BCUT2D eigenvalue weighted by atomic mass is 32.2. The first kappa shape index (κ1) is 18.6. The third kappa shape index (κ3) is 5.72. The number of nitrogens with zero attached hydrogens (tertiary/aromatic N) is 1. The van der Waals surface area contributed by atoms with Gasteiger partial charge in [0.2, 0.25) is 0 Å². The van der Waals surface area contributed by atoms with Gasteiger partial charge in [0.05, 0.1) is 11.0 Å². The number of aryl methyl sites for hydroxylation is 1. The second kappa shape index (κ2) is 10.3. The van der Waals surface area contributed by atoms with E-state index < -0.39 is 0 Å². The van der Waals surface area contributed by atoms with Crippen molar-refractivity contribution in [2.45, 2.75) is 53.9 Å². The molecule has 1 N–H and O–H groups in total. The number of benzene rings is 1. The van der Waals surface area contributed by atoms with E-state index in [1.54, 1.807) is 11.8 Å². The smallest absolute Gasteiger partial charge is 0.134 e. The highest BCUT2D eigenvalue weighted by molar-refractivity contribution is 8.05. The van der Waals surface area contributed by atoms with Gasteiger partial charge in [-0.3, -0.25) is 0 Å². The zero-order valence-corrected chi connectivity index (χ0v) is 15.3. The molecule has 1 aromatic heterocycles. The number of hydrogen-bond donors (Lipinski definition) is 1. The minimum Gasteiger partial charge on any atom is -0.338 e. The van der Waals surface area contributed by atoms with Gasteiger partial charge in [0.1, 0.15) is 5.82 Å². The number of aromatic nitrogens is 2. The van der Waals surface area contributed by atoms with Crippen molar-refractivity contribution in [3.63, 3.8) is 0 Å². The largest absolute Gasteiger partial charge is 0.338 e. The summed E-state index contributed by atoms with van der Waals surface area (Å²) in [6.07, 6.45) is 5.58. The summed E-state index contributed by atoms with van der Waals surface area (Å²) in [4.78, 5) is 8.04. The average molecular weight is 317 g/mol. The molecule has 0 saturated heterocycles. The first-order valence-electron chi connectivity index (χ1n) is 8.08. The molecule has 0 amide bonds. The lowest BCUT2D eigenvalue weighted by atomic mass is 10.1. The average Bonchev–Trinajstić information content (AvgIpc) is 2.92. The molecule has 0 fully saturated rings. The van der Waals surface area contributed by atoms with Gasteiger partial charge in [0, 0.05) is 0 Å². The number of fused-ring (bicyclic) bond motifs is 1. The van der Waals surface area contributed by atoms with Crippen molar-refractivity contribution >= 4 is 28.4 Å². The third-order valence-electron chi connectivity index (χ3n) is 2.92. The molecular formula is C19H28N2S. The number of allylic oxidation sites excluding steroid dienone is 2. The van der Waals surface area contributed by atoms with E-state index in [2.05, 4.69) is 66.7 Å². The van der Waals surface area contributed by atoms with E-state index in [4.69, 9.17) is 0 Å². The Kier molecular flexibility index (Phi) is 8.68. The maximum absolute atomic E-state index is 4.63. The number of thioether (sulfide) groups is 1. The van der Waals surface area contributed by atoms with Crippen LogP contribution in [0, 0.1) is 0 Å². The van der Waals surface area contributed by atoms with Crippen molar-refractivity contribution < 1.29 is 0 Å². The van der Waals surface area contributed by atoms with Crippen LogP contribution in [0.25, 0.3) is 16.6 Å². The number of H-pyrrole nitrogens is 1. The fourth-order valence-corrected chi connectivity index (χ4v) is 2.51. The summed E-state index contributed by atoms with van der Waals surface area (Å²) in [6, 6.07) is 6.48. The number of hydrogen-bond acceptors (Lipinski definition) is 2. The standard InChI is InChI=1S/C16H20N2S.C3H8/c1-4-6-13-7-8-14-15(10-13)18-16(17-14)12(3)11-19-9-5-2;1-3-2/h5,7-11H,4,6H2,1-3H3,(H,17,18);3H2,1-2H3/b9-5+,12-11+;. The lowest BCUT2D eigenvalue weighted by Gasteiger charge is -1.96. The van der Waals surface area contributed by atoms with Crippen molar-refractivity contribution in [3.05, 3.63) is 46.5 Å². The van der Waals surface area contributed by atoms with E-state index in [-0.39, 0.29) is 0 Å². The van der Waals surface area contributed by atoms with E-state index in [9.17, 15) is 0 Å². The van der Waals surface area contributed by atoms with E-state index in [1.165, 1.54) is 18.4 Å². The molecule has 0 unspecified atom stereocenters. The Hall–Kier alpha value is -1.48. The molecule has 22 heavy (non-hydrogen) atoms. The monoisotopic (exact) mass is 316 g/mol. The van der Waals surface area contributed by atoms with Crippen LogP contribution in [0.5, 0.6) is 0 Å². The maximum atomic E-state index is 4.63. The minimum atomic E-state index is 0.959. The molecule has 1 heterocycles. The van der Waals surface area contributed by atoms with Crippen LogP contribution in [0.2, 0.25) is 0 Å². The SMILES string of the molecule is C/C=C/S/C=C(\C)c1nc2ccc(CCC)cc2[nH]1.CCC. The van der Waals surface area contributed by atoms with Crippen LogP contribution in [-0.4, -0.2) is 9.97 Å². The molecule has 0 atom stereocenters. The van der Waals surface area contributed by atoms with Gasteiger partial charge in [-0.2, -0.15) is 0 Å². The van der Waals surface area contributed by atoms with Gasteiger partial charge < -0.3 is 4.98 Å². The molecule has 0 spiro atoms. The highest BCUT2D eigenvalue weighted by Crippen LogP contribution is 2.21. The van der Waals surface area contributed by atoms with Crippen molar-refractivity contribution in [1.29, 1.82) is 0 Å². The first-order chi connectivity index (χ1) is 10.7. The Labute approximate surface area is 139 Å². The van der Waals surface area contributed by atoms with Crippen molar-refractivity contribution in [2.75, 3.05) is 0 Å². The molecule has 0 bridgehead atoms. The van der Waals surface area contributed by atoms with E-state index >= 15 is 0 Å². The molecule has 2 nitrogen and oxygen atoms in total. The Morgan fingerprint density at radius 1 is 1.27 bits per heavy atom. The normalized spacial score (nSPS) is 11.8. The molecule has 1 aromatic carbocycles. The minimum absolute atomic E-state index is 0.959. The number of nitrogens with one attached hydrogen (secondary N) is 1. The maximum Gasteiger partial charge on any atom is 0.134 e. The van der Waals surface area contributed by atoms with Gasteiger partial charge in [0.15, 0.2) is 0 Å². The second-order valence-electron chi connectivity index (χ2n) is 5.30. The van der Waals surface area contributed by atoms with Gasteiger partial charge in [-0.25, -0.2) is 4.98 Å². The quantitative estimate of drug-likeness (QED) is 0.676. The lowest BCUT2D eigenvalue weighted by molar-refractivity contribution is 0.923. The van der Waals surface area contributed by atoms with Gasteiger partial charge in [-0.05, 0) is 54.4 Å². The molecule has 0 aliphatic carbocycles. The zero-order chi connectivity index (χ0) is 16.4. The molecule has 2 aromatic rings. The molecule has 0 radical (unpaired) electrons. The van der Waals surface area contributed by atoms with E-state index in [0.717, 1.165) is 28.9 Å².